The van der Waals surface area contributed by atoms with Crippen molar-refractivity contribution in [1.82, 2.24) is 4.98 Å². The Kier molecular flexibility index (Phi) is 5.63. The molecule has 0 spiro atoms. The third kappa shape index (κ3) is 4.11. The number of aryl methyl sites for hydroxylation is 2. The van der Waals surface area contributed by atoms with E-state index in [0.29, 0.717) is 28.6 Å². The Morgan fingerprint density at radius 1 is 1.23 bits per heavy atom. The summed E-state index contributed by atoms with van der Waals surface area (Å²) in [6, 6.07) is 13.3. The van der Waals surface area contributed by atoms with Crippen molar-refractivity contribution in [3.63, 3.8) is 0 Å². The summed E-state index contributed by atoms with van der Waals surface area (Å²) < 4.78 is 11.9. The van der Waals surface area contributed by atoms with Crippen LogP contribution in [0, 0.1) is 13.8 Å². The normalized spacial score (nSPS) is 11.6. The van der Waals surface area contributed by atoms with Crippen LogP contribution in [0.25, 0.3) is 11.0 Å². The second kappa shape index (κ2) is 8.51. The van der Waals surface area contributed by atoms with E-state index >= 15 is 0 Å². The molecule has 0 fully saturated rings. The number of aromatic nitrogens is 1. The maximum Gasteiger partial charge on any atom is 0.262 e. The minimum Gasteiger partial charge on any atom is -0.490 e. The molecule has 0 aliphatic rings. The van der Waals surface area contributed by atoms with Crippen molar-refractivity contribution >= 4 is 39.0 Å². The van der Waals surface area contributed by atoms with Crippen molar-refractivity contribution in [2.24, 2.45) is 4.99 Å². The summed E-state index contributed by atoms with van der Waals surface area (Å²) in [5.74, 6) is 0.278. The molecule has 30 heavy (non-hydrogen) atoms. The van der Waals surface area contributed by atoms with E-state index in [2.05, 4.69) is 10.3 Å². The lowest BCUT2D eigenvalue weighted by atomic mass is 10.1. The number of fused-ring (bicyclic) bond motifs is 1. The number of anilines is 1. The van der Waals surface area contributed by atoms with Gasteiger partial charge in [-0.3, -0.25) is 10.1 Å². The zero-order valence-corrected chi connectivity index (χ0v) is 17.7. The third-order valence-electron chi connectivity index (χ3n) is 4.52. The molecule has 0 aliphatic heterocycles. The SMILES string of the molecule is CCOc1cccc2cc(C(=O)Nc3nccs3)c(=Nc3cc(C)ccc3C)oc12. The molecule has 0 saturated carbocycles. The van der Waals surface area contributed by atoms with Gasteiger partial charge in [-0.15, -0.1) is 11.3 Å². The number of para-hydroxylation sites is 1. The van der Waals surface area contributed by atoms with Gasteiger partial charge in [-0.25, -0.2) is 9.98 Å². The summed E-state index contributed by atoms with van der Waals surface area (Å²) in [5, 5.41) is 5.88. The van der Waals surface area contributed by atoms with E-state index in [1.165, 1.54) is 11.3 Å². The van der Waals surface area contributed by atoms with Gasteiger partial charge >= 0.3 is 0 Å². The zero-order valence-electron chi connectivity index (χ0n) is 16.9. The lowest BCUT2D eigenvalue weighted by Gasteiger charge is -2.09. The highest BCUT2D eigenvalue weighted by Crippen LogP contribution is 2.26. The van der Waals surface area contributed by atoms with Gasteiger partial charge in [0.25, 0.3) is 5.91 Å². The summed E-state index contributed by atoms with van der Waals surface area (Å²) >= 11 is 1.35. The van der Waals surface area contributed by atoms with Crippen LogP contribution < -0.4 is 15.6 Å². The highest BCUT2D eigenvalue weighted by atomic mass is 32.1. The van der Waals surface area contributed by atoms with Crippen molar-refractivity contribution in [2.45, 2.75) is 20.8 Å². The van der Waals surface area contributed by atoms with Gasteiger partial charge in [0, 0.05) is 17.0 Å². The van der Waals surface area contributed by atoms with Crippen molar-refractivity contribution in [2.75, 3.05) is 11.9 Å². The topological polar surface area (TPSA) is 76.7 Å². The van der Waals surface area contributed by atoms with Gasteiger partial charge in [0.1, 0.15) is 5.56 Å². The first kappa shape index (κ1) is 19.8. The molecule has 2 aromatic carbocycles. The molecular formula is C23H21N3O3S. The van der Waals surface area contributed by atoms with E-state index in [-0.39, 0.29) is 11.5 Å². The van der Waals surface area contributed by atoms with Crippen molar-refractivity contribution in [3.8, 4) is 5.75 Å². The molecule has 6 nitrogen and oxygen atoms in total. The van der Waals surface area contributed by atoms with Crippen LogP contribution in [-0.2, 0) is 0 Å². The molecule has 1 amide bonds. The van der Waals surface area contributed by atoms with E-state index in [1.807, 2.05) is 57.2 Å². The van der Waals surface area contributed by atoms with Gasteiger partial charge in [0.05, 0.1) is 12.3 Å². The molecule has 4 aromatic rings. The highest BCUT2D eigenvalue weighted by Gasteiger charge is 2.16. The molecule has 7 heteroatoms. The van der Waals surface area contributed by atoms with Crippen LogP contribution in [0.2, 0.25) is 0 Å². The van der Waals surface area contributed by atoms with Crippen molar-refractivity contribution < 1.29 is 13.9 Å². The van der Waals surface area contributed by atoms with Crippen LogP contribution in [0.3, 0.4) is 0 Å². The number of hydrogen-bond acceptors (Lipinski definition) is 6. The quantitative estimate of drug-likeness (QED) is 0.470. The average molecular weight is 420 g/mol. The number of hydrogen-bond donors (Lipinski definition) is 1. The number of carbonyl (C=O) groups excluding carboxylic acids is 1. The Bertz CT molecular complexity index is 1280. The Balaban J connectivity index is 1.94. The Labute approximate surface area is 177 Å². The van der Waals surface area contributed by atoms with E-state index in [1.54, 1.807) is 17.6 Å². The predicted molar refractivity (Wildman–Crippen MR) is 119 cm³/mol. The highest BCUT2D eigenvalue weighted by molar-refractivity contribution is 7.13. The first-order chi connectivity index (χ1) is 14.5. The molecule has 4 rings (SSSR count). The van der Waals surface area contributed by atoms with Gasteiger partial charge in [0.15, 0.2) is 16.5 Å². The van der Waals surface area contributed by atoms with Crippen molar-refractivity contribution in [3.05, 3.63) is 76.3 Å². The molecule has 0 aliphatic carbocycles. The fraction of sp³-hybridized carbons (Fsp3) is 0.174. The number of amides is 1. The van der Waals surface area contributed by atoms with E-state index in [0.717, 1.165) is 22.2 Å². The summed E-state index contributed by atoms with van der Waals surface area (Å²) in [7, 11) is 0. The monoisotopic (exact) mass is 419 g/mol. The molecule has 152 valence electrons. The minimum atomic E-state index is -0.332. The van der Waals surface area contributed by atoms with Gasteiger partial charge < -0.3 is 9.15 Å². The molecule has 0 saturated heterocycles. The predicted octanol–water partition coefficient (Wildman–Crippen LogP) is 5.39. The summed E-state index contributed by atoms with van der Waals surface area (Å²) in [6.07, 6.45) is 1.64. The summed E-state index contributed by atoms with van der Waals surface area (Å²) in [5.41, 5.74) is 3.90. The molecule has 0 atom stereocenters. The van der Waals surface area contributed by atoms with E-state index in [9.17, 15) is 4.79 Å². The molecule has 0 radical (unpaired) electrons. The van der Waals surface area contributed by atoms with Crippen LogP contribution in [-0.4, -0.2) is 17.5 Å². The van der Waals surface area contributed by atoms with Gasteiger partial charge in [-0.2, -0.15) is 0 Å². The van der Waals surface area contributed by atoms with Crippen LogP contribution in [0.5, 0.6) is 5.75 Å². The van der Waals surface area contributed by atoms with Crippen LogP contribution in [0.1, 0.15) is 28.4 Å². The maximum atomic E-state index is 13.0. The zero-order chi connectivity index (χ0) is 21.1. The van der Waals surface area contributed by atoms with Crippen LogP contribution in [0.15, 0.2) is 63.5 Å². The number of nitrogens with zero attached hydrogens (tertiary/aromatic N) is 2. The number of benzene rings is 2. The number of carbonyl (C=O) groups is 1. The van der Waals surface area contributed by atoms with Crippen molar-refractivity contribution in [1.29, 1.82) is 0 Å². The molecule has 2 heterocycles. The smallest absolute Gasteiger partial charge is 0.262 e. The standard InChI is InChI=1S/C23H21N3O3S/c1-4-28-19-7-5-6-16-13-17(21(27)26-23-24-10-11-30-23)22(29-20(16)19)25-18-12-14(2)8-9-15(18)3/h5-13H,4H2,1-3H3,(H,24,26,27). The Hall–Kier alpha value is -3.45. The first-order valence-electron chi connectivity index (χ1n) is 9.57. The number of rotatable bonds is 5. The van der Waals surface area contributed by atoms with E-state index in [4.69, 9.17) is 14.1 Å². The molecule has 2 aromatic heterocycles. The second-order valence-corrected chi connectivity index (χ2v) is 7.66. The van der Waals surface area contributed by atoms with Gasteiger partial charge in [0.2, 0.25) is 5.55 Å². The Morgan fingerprint density at radius 2 is 2.10 bits per heavy atom. The van der Waals surface area contributed by atoms with Crippen LogP contribution in [0.4, 0.5) is 10.8 Å². The summed E-state index contributed by atoms with van der Waals surface area (Å²) in [4.78, 5) is 21.9. The lowest BCUT2D eigenvalue weighted by Crippen LogP contribution is -2.21. The molecule has 0 bridgehead atoms. The molecule has 1 N–H and O–H groups in total. The fourth-order valence-electron chi connectivity index (χ4n) is 3.04. The van der Waals surface area contributed by atoms with Gasteiger partial charge in [-0.05, 0) is 50.1 Å². The van der Waals surface area contributed by atoms with E-state index < -0.39 is 0 Å². The second-order valence-electron chi connectivity index (χ2n) is 6.77. The average Bonchev–Trinajstić information content (AvgIpc) is 3.24. The largest absolute Gasteiger partial charge is 0.490 e. The Morgan fingerprint density at radius 3 is 2.87 bits per heavy atom. The van der Waals surface area contributed by atoms with Crippen LogP contribution >= 0.6 is 11.3 Å². The third-order valence-corrected chi connectivity index (χ3v) is 5.21. The minimum absolute atomic E-state index is 0.220. The van der Waals surface area contributed by atoms with Gasteiger partial charge in [-0.1, -0.05) is 24.3 Å². The lowest BCUT2D eigenvalue weighted by molar-refractivity contribution is 0.102. The molecule has 0 unspecified atom stereocenters. The maximum absolute atomic E-state index is 13.0. The number of thiazole rings is 1. The fourth-order valence-corrected chi connectivity index (χ4v) is 3.56. The summed E-state index contributed by atoms with van der Waals surface area (Å²) in [6.45, 7) is 6.39. The number of nitrogens with one attached hydrogen (secondary N) is 1. The first-order valence-corrected chi connectivity index (χ1v) is 10.5. The molecular weight excluding hydrogens is 398 g/mol. The number of ether oxygens (including phenoxy) is 1.